The average molecular weight is 292 g/mol. The molecule has 0 aliphatic carbocycles. The summed E-state index contributed by atoms with van der Waals surface area (Å²) in [6.07, 6.45) is 0. The number of methoxy groups -OCH3 is 1. The fraction of sp³-hybridized carbons (Fsp3) is 0.615. The molecule has 0 spiro atoms. The van der Waals surface area contributed by atoms with E-state index >= 15 is 0 Å². The maximum Gasteiger partial charge on any atom is 0.245 e. The molecule has 2 aromatic rings. The summed E-state index contributed by atoms with van der Waals surface area (Å²) < 4.78 is 10.2. The van der Waals surface area contributed by atoms with Crippen LogP contribution in [0, 0.1) is 0 Å². The molecule has 2 unspecified atom stereocenters. The monoisotopic (exact) mass is 292 g/mol. The molecule has 2 N–H and O–H groups in total. The van der Waals surface area contributed by atoms with Crippen molar-refractivity contribution in [3.63, 3.8) is 0 Å². The lowest BCUT2D eigenvalue weighted by Crippen LogP contribution is -2.54. The number of hydrogen-bond donors (Lipinski definition) is 2. The predicted molar refractivity (Wildman–Crippen MR) is 76.9 cm³/mol. The van der Waals surface area contributed by atoms with Crippen molar-refractivity contribution in [1.82, 2.24) is 25.7 Å². The van der Waals surface area contributed by atoms with E-state index in [-0.39, 0.29) is 0 Å². The molecule has 1 aliphatic rings. The molecular weight excluding hydrogens is 272 g/mol. The first kappa shape index (κ1) is 14.0. The lowest BCUT2D eigenvalue weighted by atomic mass is 10.1. The van der Waals surface area contributed by atoms with Gasteiger partial charge in [0.05, 0.1) is 0 Å². The Morgan fingerprint density at radius 1 is 1.38 bits per heavy atom. The second kappa shape index (κ2) is 5.82. The second-order valence-electron chi connectivity index (χ2n) is 5.47. The van der Waals surface area contributed by atoms with Crippen molar-refractivity contribution in [3.8, 4) is 11.5 Å². The van der Waals surface area contributed by atoms with Gasteiger partial charge in [-0.1, -0.05) is 5.16 Å². The van der Waals surface area contributed by atoms with Crippen molar-refractivity contribution in [2.75, 3.05) is 25.1 Å². The zero-order chi connectivity index (χ0) is 14.8. The summed E-state index contributed by atoms with van der Waals surface area (Å²) in [7, 11) is 1.61. The van der Waals surface area contributed by atoms with Gasteiger partial charge in [-0.3, -0.25) is 5.10 Å². The van der Waals surface area contributed by atoms with Crippen LogP contribution in [0.5, 0.6) is 0 Å². The third kappa shape index (κ3) is 3.06. The summed E-state index contributed by atoms with van der Waals surface area (Å²) in [6, 6.07) is 2.63. The van der Waals surface area contributed by atoms with E-state index in [0.29, 0.717) is 41.9 Å². The number of nitrogens with one attached hydrogen (secondary N) is 2. The molecule has 2 aromatic heterocycles. The van der Waals surface area contributed by atoms with Crippen LogP contribution >= 0.6 is 0 Å². The number of rotatable bonds is 4. The molecule has 0 saturated carbocycles. The van der Waals surface area contributed by atoms with Gasteiger partial charge in [-0.2, -0.15) is 4.98 Å². The first-order valence-electron chi connectivity index (χ1n) is 7.04. The van der Waals surface area contributed by atoms with Gasteiger partial charge in [-0.25, -0.2) is 0 Å². The summed E-state index contributed by atoms with van der Waals surface area (Å²) >= 11 is 0. The molecule has 0 radical (unpaired) electrons. The number of aromatic nitrogens is 4. The Labute approximate surface area is 122 Å². The fourth-order valence-corrected chi connectivity index (χ4v) is 2.63. The van der Waals surface area contributed by atoms with Crippen LogP contribution in [-0.4, -0.2) is 52.6 Å². The highest BCUT2D eigenvalue weighted by Gasteiger charge is 2.24. The minimum atomic E-state index is 0.390. The highest BCUT2D eigenvalue weighted by molar-refractivity contribution is 5.51. The van der Waals surface area contributed by atoms with E-state index in [1.807, 2.05) is 0 Å². The lowest BCUT2D eigenvalue weighted by Gasteiger charge is -2.35. The smallest absolute Gasteiger partial charge is 0.245 e. The molecule has 1 fully saturated rings. The number of piperazine rings is 1. The van der Waals surface area contributed by atoms with Gasteiger partial charge in [0.1, 0.15) is 6.61 Å². The SMILES string of the molecule is COCc1cc(-c2nc(N3CC(C)NC(C)C3)n[nH]2)no1. The molecule has 3 heterocycles. The first-order chi connectivity index (χ1) is 10.2. The number of H-pyrrole nitrogens is 1. The summed E-state index contributed by atoms with van der Waals surface area (Å²) in [5.74, 6) is 1.96. The van der Waals surface area contributed by atoms with Crippen molar-refractivity contribution < 1.29 is 9.26 Å². The fourth-order valence-electron chi connectivity index (χ4n) is 2.63. The van der Waals surface area contributed by atoms with Gasteiger partial charge in [0.25, 0.3) is 0 Å². The molecule has 0 bridgehead atoms. The average Bonchev–Trinajstić information content (AvgIpc) is 3.06. The summed E-state index contributed by atoms with van der Waals surface area (Å²) in [6.45, 7) is 6.47. The van der Waals surface area contributed by atoms with Crippen molar-refractivity contribution >= 4 is 5.95 Å². The Morgan fingerprint density at radius 2 is 2.14 bits per heavy atom. The molecule has 2 atom stereocenters. The number of ether oxygens (including phenoxy) is 1. The van der Waals surface area contributed by atoms with Gasteiger partial charge in [-0.15, -0.1) is 5.10 Å². The van der Waals surface area contributed by atoms with Crippen molar-refractivity contribution in [2.45, 2.75) is 32.5 Å². The number of aromatic amines is 1. The van der Waals surface area contributed by atoms with Crippen LogP contribution in [0.4, 0.5) is 5.95 Å². The van der Waals surface area contributed by atoms with Crippen molar-refractivity contribution in [2.24, 2.45) is 0 Å². The van der Waals surface area contributed by atoms with Crippen LogP contribution in [0.2, 0.25) is 0 Å². The van der Waals surface area contributed by atoms with Crippen molar-refractivity contribution in [3.05, 3.63) is 11.8 Å². The highest BCUT2D eigenvalue weighted by Crippen LogP contribution is 2.19. The Kier molecular flexibility index (Phi) is 3.89. The molecule has 8 heteroatoms. The quantitative estimate of drug-likeness (QED) is 0.860. The zero-order valence-corrected chi connectivity index (χ0v) is 12.5. The van der Waals surface area contributed by atoms with Gasteiger partial charge >= 0.3 is 0 Å². The Morgan fingerprint density at radius 3 is 2.86 bits per heavy atom. The molecule has 21 heavy (non-hydrogen) atoms. The van der Waals surface area contributed by atoms with Gasteiger partial charge < -0.3 is 19.5 Å². The van der Waals surface area contributed by atoms with E-state index in [4.69, 9.17) is 9.26 Å². The lowest BCUT2D eigenvalue weighted by molar-refractivity contribution is 0.156. The standard InChI is InChI=1S/C13H20N6O2/c1-8-5-19(6-9(2)14-8)13-15-12(16-17-13)11-4-10(7-20-3)21-18-11/h4,8-9,14H,5-7H2,1-3H3,(H,15,16,17). The van der Waals surface area contributed by atoms with E-state index in [2.05, 4.69) is 44.4 Å². The molecule has 0 amide bonds. The molecule has 1 aliphatic heterocycles. The normalized spacial score (nSPS) is 22.7. The Hall–Kier alpha value is -1.93. The second-order valence-corrected chi connectivity index (χ2v) is 5.47. The molecule has 8 nitrogen and oxygen atoms in total. The predicted octanol–water partition coefficient (Wildman–Crippen LogP) is 0.793. The van der Waals surface area contributed by atoms with Gasteiger partial charge in [-0.05, 0) is 13.8 Å². The van der Waals surface area contributed by atoms with Gasteiger partial charge in [0.2, 0.25) is 5.95 Å². The van der Waals surface area contributed by atoms with Crippen LogP contribution in [0.25, 0.3) is 11.5 Å². The third-order valence-electron chi connectivity index (χ3n) is 3.40. The minimum Gasteiger partial charge on any atom is -0.377 e. The van der Waals surface area contributed by atoms with Crippen LogP contribution in [0.15, 0.2) is 10.6 Å². The largest absolute Gasteiger partial charge is 0.377 e. The summed E-state index contributed by atoms with van der Waals surface area (Å²) in [5, 5.41) is 14.7. The summed E-state index contributed by atoms with van der Waals surface area (Å²) in [4.78, 5) is 6.68. The van der Waals surface area contributed by atoms with E-state index < -0.39 is 0 Å². The molecule has 114 valence electrons. The van der Waals surface area contributed by atoms with E-state index in [1.165, 1.54) is 0 Å². The van der Waals surface area contributed by atoms with Crippen molar-refractivity contribution in [1.29, 1.82) is 0 Å². The van der Waals surface area contributed by atoms with Crippen LogP contribution in [-0.2, 0) is 11.3 Å². The third-order valence-corrected chi connectivity index (χ3v) is 3.40. The minimum absolute atomic E-state index is 0.390. The number of hydrogen-bond acceptors (Lipinski definition) is 7. The summed E-state index contributed by atoms with van der Waals surface area (Å²) in [5.41, 5.74) is 0.636. The molecule has 3 rings (SSSR count). The first-order valence-corrected chi connectivity index (χ1v) is 7.04. The van der Waals surface area contributed by atoms with E-state index in [0.717, 1.165) is 13.1 Å². The maximum atomic E-state index is 5.16. The molecular formula is C13H20N6O2. The van der Waals surface area contributed by atoms with Crippen LogP contribution in [0.1, 0.15) is 19.6 Å². The highest BCUT2D eigenvalue weighted by atomic mass is 16.5. The van der Waals surface area contributed by atoms with Crippen LogP contribution in [0.3, 0.4) is 0 Å². The Balaban J connectivity index is 1.76. The van der Waals surface area contributed by atoms with Gasteiger partial charge in [0, 0.05) is 38.3 Å². The zero-order valence-electron chi connectivity index (χ0n) is 12.5. The van der Waals surface area contributed by atoms with E-state index in [9.17, 15) is 0 Å². The molecule has 0 aromatic carbocycles. The maximum absolute atomic E-state index is 5.16. The van der Waals surface area contributed by atoms with Crippen LogP contribution < -0.4 is 10.2 Å². The van der Waals surface area contributed by atoms with Gasteiger partial charge in [0.15, 0.2) is 17.3 Å². The van der Waals surface area contributed by atoms with E-state index in [1.54, 1.807) is 13.2 Å². The number of nitrogens with zero attached hydrogens (tertiary/aromatic N) is 4. The Bertz CT molecular complexity index is 585. The number of anilines is 1. The topological polar surface area (TPSA) is 92.1 Å². The molecule has 1 saturated heterocycles.